The second-order valence-corrected chi connectivity index (χ2v) is 15.9. The van der Waals surface area contributed by atoms with Gasteiger partial charge in [0.05, 0.1) is 20.8 Å². The van der Waals surface area contributed by atoms with E-state index in [2.05, 4.69) is 9.88 Å². The number of ether oxygens (including phenoxy) is 1. The molecule has 9 nitrogen and oxygen atoms in total. The fraction of sp³-hybridized carbons (Fsp3) is 0.471. The lowest BCUT2D eigenvalue weighted by Crippen LogP contribution is -2.73. The SMILES string of the molecule is N#Cc1c(N)sc2c(F)ccc(-c3c(Cl)cc4c(N5CC6(CN(C(=O)C7CC7(F)F)C6)C5)nc(OC[C@@]56CCCN5C[C@H](F)C6)nc4c3F)c12. The molecule has 2 aromatic heterocycles. The Kier molecular flexibility index (Phi) is 6.87. The van der Waals surface area contributed by atoms with Gasteiger partial charge in [-0.2, -0.15) is 15.2 Å². The van der Waals surface area contributed by atoms with Gasteiger partial charge >= 0.3 is 6.01 Å². The van der Waals surface area contributed by atoms with Crippen molar-refractivity contribution in [3.63, 3.8) is 0 Å². The summed E-state index contributed by atoms with van der Waals surface area (Å²) >= 11 is 7.68. The molecule has 4 aromatic rings. The second kappa shape index (κ2) is 10.8. The van der Waals surface area contributed by atoms with Gasteiger partial charge in [-0.1, -0.05) is 17.7 Å². The van der Waals surface area contributed by atoms with Crippen LogP contribution in [0.1, 0.15) is 31.2 Å². The molecule has 1 amide bonds. The standard InChI is InChI=1S/C34H29ClF5N7O2S/c35-21-6-18-26(25(38)24(21)17-2-3-22(37)27-23(17)19(9-41)28(42)50-27)43-31(49-15-33-4-1-5-47(33)10-16(36)7-33)44-29(18)45-11-32(12-45)13-46(14-32)30(48)20-8-34(20,39)40/h2-3,6,16,20H,1,4-5,7-8,10-15,42H2/t16-,20?,33+/m1/s1. The summed E-state index contributed by atoms with van der Waals surface area (Å²) < 4.78 is 79.6. The number of rotatable bonds is 6. The molecular formula is C34H29ClF5N7O2S. The minimum atomic E-state index is -2.94. The highest BCUT2D eigenvalue weighted by molar-refractivity contribution is 7.23. The summed E-state index contributed by atoms with van der Waals surface area (Å²) in [6, 6.07) is 5.91. The molecule has 0 bridgehead atoms. The van der Waals surface area contributed by atoms with Crippen LogP contribution in [0.4, 0.5) is 32.8 Å². The number of hydrogen-bond acceptors (Lipinski definition) is 9. The van der Waals surface area contributed by atoms with Gasteiger partial charge in [0.1, 0.15) is 46.9 Å². The van der Waals surface area contributed by atoms with Crippen LogP contribution in [-0.2, 0) is 4.79 Å². The van der Waals surface area contributed by atoms with Gasteiger partial charge in [-0.25, -0.2) is 22.0 Å². The van der Waals surface area contributed by atoms with Crippen LogP contribution < -0.4 is 15.4 Å². The highest BCUT2D eigenvalue weighted by Crippen LogP contribution is 2.53. The van der Waals surface area contributed by atoms with E-state index in [1.54, 1.807) is 0 Å². The van der Waals surface area contributed by atoms with Crippen LogP contribution in [0.3, 0.4) is 0 Å². The average Bonchev–Trinajstić information content (AvgIpc) is 3.27. The monoisotopic (exact) mass is 729 g/mol. The number of anilines is 2. The fourth-order valence-electron chi connectivity index (χ4n) is 8.60. The van der Waals surface area contributed by atoms with Gasteiger partial charge in [-0.3, -0.25) is 9.69 Å². The number of thiophene rings is 1. The molecule has 2 aromatic carbocycles. The highest BCUT2D eigenvalue weighted by atomic mass is 35.5. The average molecular weight is 730 g/mol. The van der Waals surface area contributed by atoms with Gasteiger partial charge in [-0.05, 0) is 37.1 Å². The zero-order chi connectivity index (χ0) is 34.9. The Labute approximate surface area is 291 Å². The van der Waals surface area contributed by atoms with Crippen LogP contribution in [0, 0.1) is 34.3 Å². The number of benzene rings is 2. The van der Waals surface area contributed by atoms with Crippen molar-refractivity contribution in [1.82, 2.24) is 19.8 Å². The van der Waals surface area contributed by atoms with E-state index in [9.17, 15) is 27.6 Å². The predicted molar refractivity (Wildman–Crippen MR) is 177 cm³/mol. The van der Waals surface area contributed by atoms with Gasteiger partial charge < -0.3 is 20.3 Å². The number of carbonyl (C=O) groups excluding carboxylic acids is 1. The van der Waals surface area contributed by atoms with Gasteiger partial charge in [0.25, 0.3) is 5.92 Å². The Balaban J connectivity index is 1.10. The molecule has 1 spiro atoms. The summed E-state index contributed by atoms with van der Waals surface area (Å²) in [4.78, 5) is 27.1. The quantitative estimate of drug-likeness (QED) is 0.235. The van der Waals surface area contributed by atoms with Gasteiger partial charge in [0.2, 0.25) is 5.91 Å². The fourth-order valence-corrected chi connectivity index (χ4v) is 9.85. The van der Waals surface area contributed by atoms with E-state index in [-0.39, 0.29) is 65.7 Å². The zero-order valence-electron chi connectivity index (χ0n) is 26.4. The first-order valence-electron chi connectivity index (χ1n) is 16.4. The molecule has 6 heterocycles. The van der Waals surface area contributed by atoms with Crippen molar-refractivity contribution in [1.29, 1.82) is 5.26 Å². The van der Waals surface area contributed by atoms with Crippen molar-refractivity contribution in [3.8, 4) is 23.2 Å². The smallest absolute Gasteiger partial charge is 0.319 e. The van der Waals surface area contributed by atoms with Gasteiger partial charge in [-0.15, -0.1) is 11.3 Å². The summed E-state index contributed by atoms with van der Waals surface area (Å²) in [7, 11) is 0. The number of alkyl halides is 3. The van der Waals surface area contributed by atoms with E-state index in [0.29, 0.717) is 45.0 Å². The van der Waals surface area contributed by atoms with Crippen LogP contribution in [0.15, 0.2) is 18.2 Å². The van der Waals surface area contributed by atoms with Crippen molar-refractivity contribution in [2.75, 3.05) is 56.5 Å². The normalized spacial score (nSPS) is 26.3. The number of nitrogens with zero attached hydrogens (tertiary/aromatic N) is 6. The second-order valence-electron chi connectivity index (χ2n) is 14.5. The van der Waals surface area contributed by atoms with Gasteiger partial charge in [0, 0.05) is 67.3 Å². The summed E-state index contributed by atoms with van der Waals surface area (Å²) in [6.07, 6.45) is 0.544. The summed E-state index contributed by atoms with van der Waals surface area (Å²) in [6.45, 7) is 2.67. The number of likely N-dealkylation sites (tertiary alicyclic amines) is 1. The molecule has 4 aliphatic heterocycles. The Morgan fingerprint density at radius 3 is 2.66 bits per heavy atom. The van der Waals surface area contributed by atoms with E-state index >= 15 is 4.39 Å². The minimum absolute atomic E-state index is 0.00914. The van der Waals surface area contributed by atoms with Crippen LogP contribution in [-0.4, -0.2) is 89.2 Å². The molecule has 1 saturated carbocycles. The third-order valence-corrected chi connectivity index (χ3v) is 12.4. The van der Waals surface area contributed by atoms with Crippen molar-refractivity contribution in [3.05, 3.63) is 40.4 Å². The highest BCUT2D eigenvalue weighted by Gasteiger charge is 2.65. The first-order chi connectivity index (χ1) is 23.8. The molecule has 1 unspecified atom stereocenters. The molecule has 9 rings (SSSR count). The lowest BCUT2D eigenvalue weighted by molar-refractivity contribution is -0.148. The number of fused-ring (bicyclic) bond motifs is 3. The lowest BCUT2D eigenvalue weighted by Gasteiger charge is -2.60. The van der Waals surface area contributed by atoms with Crippen molar-refractivity contribution >= 4 is 60.7 Å². The molecule has 260 valence electrons. The maximum atomic E-state index is 16.9. The summed E-state index contributed by atoms with van der Waals surface area (Å²) in [5.41, 5.74) is 5.15. The van der Waals surface area contributed by atoms with Crippen molar-refractivity contribution in [2.45, 2.75) is 43.3 Å². The molecule has 50 heavy (non-hydrogen) atoms. The first-order valence-corrected chi connectivity index (χ1v) is 17.6. The Morgan fingerprint density at radius 2 is 1.94 bits per heavy atom. The zero-order valence-corrected chi connectivity index (χ0v) is 28.0. The van der Waals surface area contributed by atoms with Crippen molar-refractivity contribution < 1.29 is 31.5 Å². The summed E-state index contributed by atoms with van der Waals surface area (Å²) in [5, 5.41) is 10.3. The molecule has 1 aliphatic carbocycles. The number of carbonyl (C=O) groups is 1. The molecule has 5 aliphatic rings. The topological polar surface area (TPSA) is 112 Å². The molecule has 16 heteroatoms. The maximum absolute atomic E-state index is 16.9. The number of hydrogen-bond donors (Lipinski definition) is 1. The number of nitrogens with two attached hydrogens (primary N) is 1. The maximum Gasteiger partial charge on any atom is 0.319 e. The third kappa shape index (κ3) is 4.67. The lowest BCUT2D eigenvalue weighted by atomic mass is 9.72. The van der Waals surface area contributed by atoms with Crippen LogP contribution in [0.2, 0.25) is 5.02 Å². The first kappa shape index (κ1) is 31.9. The molecule has 4 saturated heterocycles. The van der Waals surface area contributed by atoms with Crippen LogP contribution in [0.5, 0.6) is 6.01 Å². The van der Waals surface area contributed by atoms with E-state index in [0.717, 1.165) is 36.8 Å². The summed E-state index contributed by atoms with van der Waals surface area (Å²) in [5.74, 6) is -5.84. The third-order valence-electron chi connectivity index (χ3n) is 11.1. The Hall–Kier alpha value is -4.00. The predicted octanol–water partition coefficient (Wildman–Crippen LogP) is 6.16. The van der Waals surface area contributed by atoms with Crippen molar-refractivity contribution in [2.24, 2.45) is 11.3 Å². The number of halogens is 6. The number of aromatic nitrogens is 2. The molecule has 3 atom stereocenters. The van der Waals surface area contributed by atoms with E-state index in [1.165, 1.54) is 17.0 Å². The van der Waals surface area contributed by atoms with E-state index < -0.39 is 47.5 Å². The minimum Gasteiger partial charge on any atom is -0.461 e. The number of nitriles is 1. The molecular weight excluding hydrogens is 701 g/mol. The Morgan fingerprint density at radius 1 is 1.18 bits per heavy atom. The molecule has 5 fully saturated rings. The molecule has 2 N–H and O–H groups in total. The van der Waals surface area contributed by atoms with E-state index in [4.69, 9.17) is 27.1 Å². The largest absolute Gasteiger partial charge is 0.461 e. The number of amides is 1. The van der Waals surface area contributed by atoms with Crippen LogP contribution >= 0.6 is 22.9 Å². The number of nitrogen functional groups attached to an aromatic ring is 1. The Bertz CT molecular complexity index is 2180. The van der Waals surface area contributed by atoms with E-state index in [1.807, 2.05) is 11.0 Å². The molecule has 0 radical (unpaired) electrons. The van der Waals surface area contributed by atoms with Crippen LogP contribution in [0.25, 0.3) is 32.1 Å². The van der Waals surface area contributed by atoms with Gasteiger partial charge in [0.15, 0.2) is 5.82 Å².